The number of aryl methyl sites for hydroxylation is 1. The highest BCUT2D eigenvalue weighted by atomic mass is 79.9. The van der Waals surface area contributed by atoms with Crippen molar-refractivity contribution in [2.45, 2.75) is 6.04 Å². The van der Waals surface area contributed by atoms with Crippen LogP contribution in [0.1, 0.15) is 17.3 Å². The van der Waals surface area contributed by atoms with Crippen LogP contribution < -0.4 is 5.32 Å². The molecule has 1 aromatic carbocycles. The molecule has 0 radical (unpaired) electrons. The van der Waals surface area contributed by atoms with E-state index in [0.717, 1.165) is 14.6 Å². The Morgan fingerprint density at radius 1 is 1.29 bits per heavy atom. The Morgan fingerprint density at radius 3 is 2.59 bits per heavy atom. The molecule has 1 heterocycles. The monoisotopic (exact) mass is 357 g/mol. The average Bonchev–Trinajstić information content (AvgIpc) is 2.69. The summed E-state index contributed by atoms with van der Waals surface area (Å²) in [6, 6.07) is 8.35. The van der Waals surface area contributed by atoms with Gasteiger partial charge >= 0.3 is 0 Å². The second-order valence-corrected chi connectivity index (χ2v) is 5.54. The number of nitrogens with zero attached hydrogens (tertiary/aromatic N) is 2. The van der Waals surface area contributed by atoms with Crippen LogP contribution in [-0.2, 0) is 7.05 Å². The van der Waals surface area contributed by atoms with E-state index in [2.05, 4.69) is 54.4 Å². The van der Waals surface area contributed by atoms with Crippen molar-refractivity contribution < 1.29 is 0 Å². The first kappa shape index (κ1) is 12.8. The molecule has 0 saturated heterocycles. The summed E-state index contributed by atoms with van der Waals surface area (Å²) in [5.41, 5.74) is 2.33. The summed E-state index contributed by atoms with van der Waals surface area (Å²) < 4.78 is 4.02. The SMILES string of the molecule is CNC(c1ccc(Br)cc1Br)c1ccnn1C. The van der Waals surface area contributed by atoms with E-state index in [0.29, 0.717) is 0 Å². The number of hydrogen-bond donors (Lipinski definition) is 1. The second kappa shape index (κ2) is 5.33. The van der Waals surface area contributed by atoms with E-state index < -0.39 is 0 Å². The normalized spacial score (nSPS) is 12.7. The van der Waals surface area contributed by atoms with Crippen LogP contribution in [0.2, 0.25) is 0 Å². The maximum atomic E-state index is 4.21. The summed E-state index contributed by atoms with van der Waals surface area (Å²) in [5.74, 6) is 0. The van der Waals surface area contributed by atoms with Crippen LogP contribution in [0.25, 0.3) is 0 Å². The first-order valence-electron chi connectivity index (χ1n) is 5.23. The number of aromatic nitrogens is 2. The Labute approximate surface area is 117 Å². The second-order valence-electron chi connectivity index (χ2n) is 3.77. The van der Waals surface area contributed by atoms with Gasteiger partial charge < -0.3 is 5.32 Å². The minimum absolute atomic E-state index is 0.130. The van der Waals surface area contributed by atoms with E-state index in [1.807, 2.05) is 37.1 Å². The van der Waals surface area contributed by atoms with Crippen LogP contribution in [0.15, 0.2) is 39.4 Å². The lowest BCUT2D eigenvalue weighted by atomic mass is 10.0. The van der Waals surface area contributed by atoms with Crippen molar-refractivity contribution >= 4 is 31.9 Å². The van der Waals surface area contributed by atoms with Gasteiger partial charge in [0.15, 0.2) is 0 Å². The fraction of sp³-hybridized carbons (Fsp3) is 0.250. The zero-order chi connectivity index (χ0) is 12.4. The average molecular weight is 359 g/mol. The number of benzene rings is 1. The highest BCUT2D eigenvalue weighted by molar-refractivity contribution is 9.11. The molecule has 0 spiro atoms. The van der Waals surface area contributed by atoms with Gasteiger partial charge in [0.25, 0.3) is 0 Å². The molecule has 1 aromatic heterocycles. The first-order chi connectivity index (χ1) is 8.13. The van der Waals surface area contributed by atoms with Gasteiger partial charge in [-0.1, -0.05) is 37.9 Å². The molecule has 0 saturated carbocycles. The van der Waals surface area contributed by atoms with Crippen molar-refractivity contribution in [3.63, 3.8) is 0 Å². The van der Waals surface area contributed by atoms with Gasteiger partial charge in [-0.15, -0.1) is 0 Å². The van der Waals surface area contributed by atoms with Gasteiger partial charge in [0.05, 0.1) is 11.7 Å². The lowest BCUT2D eigenvalue weighted by Crippen LogP contribution is -2.21. The van der Waals surface area contributed by atoms with Gasteiger partial charge in [0.2, 0.25) is 0 Å². The molecule has 5 heteroatoms. The largest absolute Gasteiger partial charge is 0.308 e. The Morgan fingerprint density at radius 2 is 2.06 bits per heavy atom. The summed E-state index contributed by atoms with van der Waals surface area (Å²) in [5, 5.41) is 7.53. The molecule has 2 rings (SSSR count). The van der Waals surface area contributed by atoms with Crippen LogP contribution >= 0.6 is 31.9 Å². The summed E-state index contributed by atoms with van der Waals surface area (Å²) in [4.78, 5) is 0. The van der Waals surface area contributed by atoms with Crippen LogP contribution in [0, 0.1) is 0 Å². The number of rotatable bonds is 3. The molecule has 0 aliphatic carbocycles. The van der Waals surface area contributed by atoms with Gasteiger partial charge in [-0.3, -0.25) is 4.68 Å². The summed E-state index contributed by atoms with van der Waals surface area (Å²) in [7, 11) is 3.90. The van der Waals surface area contributed by atoms with Crippen molar-refractivity contribution in [1.29, 1.82) is 0 Å². The maximum absolute atomic E-state index is 4.21. The van der Waals surface area contributed by atoms with Crippen molar-refractivity contribution in [3.05, 3.63) is 50.7 Å². The highest BCUT2D eigenvalue weighted by Gasteiger charge is 2.17. The predicted molar refractivity (Wildman–Crippen MR) is 76.0 cm³/mol. The topological polar surface area (TPSA) is 29.9 Å². The fourth-order valence-corrected chi connectivity index (χ4v) is 3.14. The third-order valence-corrected chi connectivity index (χ3v) is 3.90. The molecule has 2 aromatic rings. The van der Waals surface area contributed by atoms with Crippen molar-refractivity contribution in [2.24, 2.45) is 7.05 Å². The third kappa shape index (κ3) is 2.61. The van der Waals surface area contributed by atoms with E-state index in [1.165, 1.54) is 5.56 Å². The molecule has 1 atom stereocenters. The Kier molecular flexibility index (Phi) is 4.01. The predicted octanol–water partition coefficient (Wildman–Crippen LogP) is 3.25. The zero-order valence-electron chi connectivity index (χ0n) is 9.61. The Balaban J connectivity index is 2.46. The Hall–Kier alpha value is -0.650. The molecule has 0 aliphatic heterocycles. The van der Waals surface area contributed by atoms with Gasteiger partial charge in [-0.2, -0.15) is 5.10 Å². The fourth-order valence-electron chi connectivity index (χ4n) is 1.87. The molecule has 0 bridgehead atoms. The molecule has 1 N–H and O–H groups in total. The smallest absolute Gasteiger partial charge is 0.0756 e. The minimum atomic E-state index is 0.130. The molecule has 1 unspecified atom stereocenters. The van der Waals surface area contributed by atoms with Crippen molar-refractivity contribution in [1.82, 2.24) is 15.1 Å². The van der Waals surface area contributed by atoms with Crippen molar-refractivity contribution in [3.8, 4) is 0 Å². The molecule has 17 heavy (non-hydrogen) atoms. The molecule has 90 valence electrons. The summed E-state index contributed by atoms with van der Waals surface area (Å²) in [6.07, 6.45) is 1.81. The van der Waals surface area contributed by atoms with Crippen LogP contribution in [-0.4, -0.2) is 16.8 Å². The minimum Gasteiger partial charge on any atom is -0.308 e. The van der Waals surface area contributed by atoms with E-state index in [4.69, 9.17) is 0 Å². The quantitative estimate of drug-likeness (QED) is 0.912. The van der Waals surface area contributed by atoms with E-state index in [-0.39, 0.29) is 6.04 Å². The number of nitrogens with one attached hydrogen (secondary N) is 1. The molecule has 0 aliphatic rings. The van der Waals surface area contributed by atoms with Gasteiger partial charge in [0.1, 0.15) is 0 Å². The first-order valence-corrected chi connectivity index (χ1v) is 6.82. The maximum Gasteiger partial charge on any atom is 0.0756 e. The lowest BCUT2D eigenvalue weighted by molar-refractivity contribution is 0.604. The lowest BCUT2D eigenvalue weighted by Gasteiger charge is -2.18. The van der Waals surface area contributed by atoms with Gasteiger partial charge in [0, 0.05) is 22.2 Å². The molecular formula is C12H13Br2N3. The van der Waals surface area contributed by atoms with E-state index >= 15 is 0 Å². The van der Waals surface area contributed by atoms with Crippen LogP contribution in [0.4, 0.5) is 0 Å². The molecule has 3 nitrogen and oxygen atoms in total. The molecular weight excluding hydrogens is 346 g/mol. The molecule has 0 amide bonds. The van der Waals surface area contributed by atoms with Gasteiger partial charge in [-0.05, 0) is 30.8 Å². The highest BCUT2D eigenvalue weighted by Crippen LogP contribution is 2.30. The summed E-state index contributed by atoms with van der Waals surface area (Å²) >= 11 is 7.06. The zero-order valence-corrected chi connectivity index (χ0v) is 12.8. The number of halogens is 2. The summed E-state index contributed by atoms with van der Waals surface area (Å²) in [6.45, 7) is 0. The van der Waals surface area contributed by atoms with Gasteiger partial charge in [-0.25, -0.2) is 0 Å². The van der Waals surface area contributed by atoms with Crippen LogP contribution in [0.5, 0.6) is 0 Å². The third-order valence-electron chi connectivity index (χ3n) is 2.72. The van der Waals surface area contributed by atoms with E-state index in [9.17, 15) is 0 Å². The van der Waals surface area contributed by atoms with Crippen LogP contribution in [0.3, 0.4) is 0 Å². The standard InChI is InChI=1S/C12H13Br2N3/c1-15-12(11-5-6-16-17(11)2)9-4-3-8(13)7-10(9)14/h3-7,12,15H,1-2H3. The Bertz CT molecular complexity index is 522. The number of hydrogen-bond acceptors (Lipinski definition) is 2. The van der Waals surface area contributed by atoms with E-state index in [1.54, 1.807) is 0 Å². The van der Waals surface area contributed by atoms with Crippen molar-refractivity contribution in [2.75, 3.05) is 7.05 Å². The molecule has 0 fully saturated rings.